The van der Waals surface area contributed by atoms with Crippen LogP contribution in [-0.4, -0.2) is 162 Å². The fraction of sp³-hybridized carbons (Fsp3) is 0.653. The summed E-state index contributed by atoms with van der Waals surface area (Å²) in [6, 6.07) is -0.474. The summed E-state index contributed by atoms with van der Waals surface area (Å²) < 4.78 is 0. The number of aliphatic hydroxyl groups is 1. The molecule has 408 valence electrons. The van der Waals surface area contributed by atoms with Gasteiger partial charge in [0.15, 0.2) is 5.96 Å². The minimum atomic E-state index is -1.64. The van der Waals surface area contributed by atoms with Gasteiger partial charge in [0.1, 0.15) is 42.3 Å². The summed E-state index contributed by atoms with van der Waals surface area (Å²) in [5.41, 5.74) is 11.3. The third kappa shape index (κ3) is 21.0. The Kier molecular flexibility index (Phi) is 26.9. The van der Waals surface area contributed by atoms with E-state index in [1.165, 1.54) is 25.8 Å². The summed E-state index contributed by atoms with van der Waals surface area (Å²) in [4.78, 5) is 141. The van der Waals surface area contributed by atoms with E-state index in [1.807, 2.05) is 6.92 Å². The summed E-state index contributed by atoms with van der Waals surface area (Å²) in [7, 11) is 1.42. The second-order valence-corrected chi connectivity index (χ2v) is 18.8. The number of hydrogen-bond acceptors (Lipinski definition) is 12. The van der Waals surface area contributed by atoms with Gasteiger partial charge in [0.05, 0.1) is 19.2 Å². The highest BCUT2D eigenvalue weighted by Gasteiger charge is 2.40. The number of carbonyl (C=O) groups is 10. The number of likely N-dealkylation sites (N-methyl/N-ethyl adjacent to an activating group) is 2. The van der Waals surface area contributed by atoms with Crippen LogP contribution in [-0.2, 0) is 47.9 Å². The van der Waals surface area contributed by atoms with Crippen molar-refractivity contribution in [2.24, 2.45) is 28.3 Å². The standard InChI is InChI=1S/C49H81N13O11/c1-10-18-33(42(67)59-39(29(6)11-2)45(70)56-34(21-16-23-53-49(50)51)48(73)62-24-17-22-36(62)44(69)52-12-3)55-46(71)40(30(7)63)60-43(68)35(25-28(4)5)57-47(72)41(32-19-14-13-15-20-32)58-37(65)26-54-38(66)27-61(9)31(8)64/h13-15,19-20,28-30,33-36,39-41,63H,10-12,16-18,21-27H2,1-9H3,(H,52,69)(H,54,66)(H,55,71)(H,56,70)(H,57,72)(H,58,65)(H,59,67)(H,60,68)(H4,50,51,53)/t29-,30+,33-,34-,35+,36-,39-,40-,41-/m0/s1. The second-order valence-electron chi connectivity index (χ2n) is 18.8. The Morgan fingerprint density at radius 2 is 1.36 bits per heavy atom. The number of carbonyl (C=O) groups excluding carboxylic acids is 10. The lowest BCUT2D eigenvalue weighted by atomic mass is 9.96. The van der Waals surface area contributed by atoms with E-state index in [0.717, 1.165) is 4.90 Å². The molecule has 9 atom stereocenters. The number of guanidine groups is 1. The van der Waals surface area contributed by atoms with Crippen molar-refractivity contribution in [3.63, 3.8) is 0 Å². The molecule has 1 aromatic rings. The van der Waals surface area contributed by atoms with Crippen LogP contribution in [0.15, 0.2) is 35.3 Å². The second kappa shape index (κ2) is 31.6. The van der Waals surface area contributed by atoms with Crippen molar-refractivity contribution in [3.8, 4) is 0 Å². The highest BCUT2D eigenvalue weighted by molar-refractivity contribution is 5.98. The molecule has 2 rings (SSSR count). The van der Waals surface area contributed by atoms with Crippen LogP contribution >= 0.6 is 0 Å². The van der Waals surface area contributed by atoms with Crippen molar-refractivity contribution < 1.29 is 53.1 Å². The largest absolute Gasteiger partial charge is 0.391 e. The van der Waals surface area contributed by atoms with Gasteiger partial charge in [-0.3, -0.25) is 52.9 Å². The van der Waals surface area contributed by atoms with Crippen LogP contribution in [0.4, 0.5) is 0 Å². The molecule has 0 bridgehead atoms. The van der Waals surface area contributed by atoms with Gasteiger partial charge < -0.3 is 68.9 Å². The molecule has 1 heterocycles. The van der Waals surface area contributed by atoms with E-state index in [1.54, 1.807) is 65.0 Å². The molecule has 1 fully saturated rings. The minimum absolute atomic E-state index is 0.0519. The van der Waals surface area contributed by atoms with E-state index >= 15 is 0 Å². The van der Waals surface area contributed by atoms with Crippen LogP contribution in [0, 0.1) is 11.8 Å². The van der Waals surface area contributed by atoms with Crippen molar-refractivity contribution in [3.05, 3.63) is 35.9 Å². The maximum Gasteiger partial charge on any atom is 0.247 e. The predicted octanol–water partition coefficient (Wildman–Crippen LogP) is -1.68. The Bertz CT molecular complexity index is 2070. The number of aliphatic imine (C=N–C) groups is 1. The molecule has 13 N–H and O–H groups in total. The van der Waals surface area contributed by atoms with Crippen LogP contribution in [0.5, 0.6) is 0 Å². The Labute approximate surface area is 428 Å². The van der Waals surface area contributed by atoms with Gasteiger partial charge in [-0.05, 0) is 69.8 Å². The number of nitrogens with two attached hydrogens (primary N) is 2. The molecule has 1 saturated heterocycles. The summed E-state index contributed by atoms with van der Waals surface area (Å²) in [6.45, 7) is 13.2. The normalized spacial score (nSPS) is 16.4. The zero-order chi connectivity index (χ0) is 54.9. The molecule has 0 radical (unpaired) electrons. The third-order valence-electron chi connectivity index (χ3n) is 12.2. The molecular weight excluding hydrogens is 947 g/mol. The van der Waals surface area contributed by atoms with Crippen LogP contribution in [0.3, 0.4) is 0 Å². The van der Waals surface area contributed by atoms with Crippen molar-refractivity contribution in [2.75, 3.05) is 39.8 Å². The van der Waals surface area contributed by atoms with E-state index in [-0.39, 0.29) is 56.0 Å². The summed E-state index contributed by atoms with van der Waals surface area (Å²) >= 11 is 0. The topological polar surface area (TPSA) is 358 Å². The van der Waals surface area contributed by atoms with Crippen LogP contribution in [0.2, 0.25) is 0 Å². The van der Waals surface area contributed by atoms with Gasteiger partial charge >= 0.3 is 0 Å². The smallest absolute Gasteiger partial charge is 0.247 e. The zero-order valence-electron chi connectivity index (χ0n) is 43.9. The van der Waals surface area contributed by atoms with Gasteiger partial charge in [0.25, 0.3) is 0 Å². The molecule has 1 aliphatic heterocycles. The molecule has 1 aromatic carbocycles. The Balaban J connectivity index is 2.33. The Hall–Kier alpha value is -6.85. The lowest BCUT2D eigenvalue weighted by molar-refractivity contribution is -0.142. The summed E-state index contributed by atoms with van der Waals surface area (Å²) in [6.07, 6.45) is 0.837. The predicted molar refractivity (Wildman–Crippen MR) is 272 cm³/mol. The average Bonchev–Trinajstić information content (AvgIpc) is 3.84. The molecule has 73 heavy (non-hydrogen) atoms. The molecule has 10 amide bonds. The summed E-state index contributed by atoms with van der Waals surface area (Å²) in [5, 5.41) is 32.0. The van der Waals surface area contributed by atoms with Crippen LogP contribution in [0.1, 0.15) is 118 Å². The summed E-state index contributed by atoms with van der Waals surface area (Å²) in [5.74, 6) is -7.36. The van der Waals surface area contributed by atoms with Crippen molar-refractivity contribution in [1.82, 2.24) is 52.3 Å². The number of hydrogen-bond donors (Lipinski definition) is 11. The number of aliphatic hydroxyl groups excluding tert-OH is 1. The van der Waals surface area contributed by atoms with E-state index < -0.39 is 108 Å². The van der Waals surface area contributed by atoms with Crippen LogP contribution < -0.4 is 54.0 Å². The van der Waals surface area contributed by atoms with Gasteiger partial charge in [0, 0.05) is 33.6 Å². The molecule has 0 unspecified atom stereocenters. The minimum Gasteiger partial charge on any atom is -0.391 e. The molecular formula is C49H81N13O11. The lowest BCUT2D eigenvalue weighted by Crippen LogP contribution is -2.62. The van der Waals surface area contributed by atoms with E-state index in [9.17, 15) is 53.1 Å². The first-order valence-electron chi connectivity index (χ1n) is 25.1. The third-order valence-corrected chi connectivity index (χ3v) is 12.2. The van der Waals surface area contributed by atoms with E-state index in [4.69, 9.17) is 11.5 Å². The number of nitrogens with one attached hydrogen (secondary N) is 8. The van der Waals surface area contributed by atoms with Crippen molar-refractivity contribution in [1.29, 1.82) is 0 Å². The maximum absolute atomic E-state index is 14.2. The quantitative estimate of drug-likeness (QED) is 0.0233. The average molecular weight is 1030 g/mol. The van der Waals surface area contributed by atoms with Gasteiger partial charge in [-0.25, -0.2) is 0 Å². The van der Waals surface area contributed by atoms with E-state index in [2.05, 4.69) is 47.5 Å². The monoisotopic (exact) mass is 1030 g/mol. The van der Waals surface area contributed by atoms with Gasteiger partial charge in [-0.1, -0.05) is 77.8 Å². The first kappa shape index (κ1) is 62.3. The number of amides is 10. The number of likely N-dealkylation sites (tertiary alicyclic amines) is 1. The van der Waals surface area contributed by atoms with Crippen molar-refractivity contribution in [2.45, 2.75) is 155 Å². The molecule has 24 nitrogen and oxygen atoms in total. The number of nitrogens with zero attached hydrogens (tertiary/aromatic N) is 3. The molecule has 0 aromatic heterocycles. The fourth-order valence-electron chi connectivity index (χ4n) is 7.93. The van der Waals surface area contributed by atoms with Gasteiger partial charge in [0.2, 0.25) is 59.1 Å². The maximum atomic E-state index is 14.2. The molecule has 0 spiro atoms. The van der Waals surface area contributed by atoms with E-state index in [0.29, 0.717) is 50.8 Å². The number of rotatable bonds is 30. The lowest BCUT2D eigenvalue weighted by Gasteiger charge is -2.31. The SMILES string of the molecule is CCC[C@H](NC(=O)[C@@H](NC(=O)[C@@H](CC(C)C)NC(=O)[C@@H](NC(=O)CNC(=O)CN(C)C(C)=O)c1ccccc1)[C@@H](C)O)C(=O)N[C@H](C(=O)N[C@@H](CCCN=C(N)N)C(=O)N1CCC[C@H]1C(=O)NCC)[C@@H](C)CC. The van der Waals surface area contributed by atoms with Crippen molar-refractivity contribution >= 4 is 65.0 Å². The fourth-order valence-corrected chi connectivity index (χ4v) is 7.93. The highest BCUT2D eigenvalue weighted by atomic mass is 16.3. The Morgan fingerprint density at radius 3 is 1.93 bits per heavy atom. The molecule has 0 saturated carbocycles. The Morgan fingerprint density at radius 1 is 0.753 bits per heavy atom. The first-order valence-corrected chi connectivity index (χ1v) is 25.1. The van der Waals surface area contributed by atoms with Gasteiger partial charge in [-0.15, -0.1) is 0 Å². The molecule has 0 aliphatic carbocycles. The highest BCUT2D eigenvalue weighted by Crippen LogP contribution is 2.21. The van der Waals surface area contributed by atoms with Crippen LogP contribution in [0.25, 0.3) is 0 Å². The molecule has 24 heteroatoms. The molecule has 1 aliphatic rings. The first-order chi connectivity index (χ1) is 34.4. The number of benzene rings is 1. The van der Waals surface area contributed by atoms with Gasteiger partial charge in [-0.2, -0.15) is 0 Å². The zero-order valence-corrected chi connectivity index (χ0v) is 43.9.